The lowest BCUT2D eigenvalue weighted by Crippen LogP contribution is -2.47. The average Bonchev–Trinajstić information content (AvgIpc) is 3.19. The lowest BCUT2D eigenvalue weighted by Gasteiger charge is -2.24. The topological polar surface area (TPSA) is 45.0 Å². The molecular weight excluding hydrogens is 269 g/mol. The molecule has 0 amide bonds. The summed E-state index contributed by atoms with van der Waals surface area (Å²) in [5.74, 6) is -0.251. The van der Waals surface area contributed by atoms with Crippen LogP contribution in [-0.4, -0.2) is 18.2 Å². The van der Waals surface area contributed by atoms with Gasteiger partial charge < -0.3 is 4.74 Å². The summed E-state index contributed by atoms with van der Waals surface area (Å²) in [6.07, 6.45) is -2.50. The lowest BCUT2D eigenvalue weighted by atomic mass is 10.1. The number of halogens is 3. The summed E-state index contributed by atoms with van der Waals surface area (Å²) < 4.78 is 43.7. The Morgan fingerprint density at radius 3 is 2.55 bits per heavy atom. The minimum atomic E-state index is -4.47. The van der Waals surface area contributed by atoms with Crippen LogP contribution in [-0.2, 0) is 6.18 Å². The van der Waals surface area contributed by atoms with Gasteiger partial charge >= 0.3 is 6.18 Å². The predicted molar refractivity (Wildman–Crippen MR) is 67.1 cm³/mol. The van der Waals surface area contributed by atoms with Gasteiger partial charge in [-0.25, -0.2) is 0 Å². The van der Waals surface area contributed by atoms with Gasteiger partial charge in [-0.3, -0.25) is 5.32 Å². The number of ether oxygens (including phenoxy) is 1. The second-order valence-corrected chi connectivity index (χ2v) is 5.15. The van der Waals surface area contributed by atoms with Gasteiger partial charge in [0.25, 0.3) is 0 Å². The molecule has 6 heteroatoms. The maximum Gasteiger partial charge on any atom is 0.419 e. The maximum absolute atomic E-state index is 12.8. The number of nitrogens with one attached hydrogen (secondary N) is 1. The molecule has 1 aromatic rings. The van der Waals surface area contributed by atoms with Gasteiger partial charge in [-0.2, -0.15) is 18.4 Å². The SMILES string of the molecule is CC(C#N)(COc1ccccc1C(F)(F)F)NC1CC1. The van der Waals surface area contributed by atoms with E-state index < -0.39 is 17.3 Å². The van der Waals surface area contributed by atoms with Crippen molar-refractivity contribution >= 4 is 0 Å². The standard InChI is InChI=1S/C14H15F3N2O/c1-13(8-18,19-10-6-7-10)9-20-12-5-3-2-4-11(12)14(15,16)17/h2-5,10,19H,6-7,9H2,1H3. The van der Waals surface area contributed by atoms with Crippen LogP contribution < -0.4 is 10.1 Å². The second-order valence-electron chi connectivity index (χ2n) is 5.15. The second kappa shape index (κ2) is 5.33. The Labute approximate surface area is 115 Å². The van der Waals surface area contributed by atoms with E-state index in [0.29, 0.717) is 0 Å². The molecule has 1 aliphatic carbocycles. The fourth-order valence-corrected chi connectivity index (χ4v) is 1.83. The number of rotatable bonds is 5. The van der Waals surface area contributed by atoms with Crippen LogP contribution in [0, 0.1) is 11.3 Å². The Morgan fingerprint density at radius 2 is 2.00 bits per heavy atom. The Morgan fingerprint density at radius 1 is 1.35 bits per heavy atom. The summed E-state index contributed by atoms with van der Waals surface area (Å²) >= 11 is 0. The van der Waals surface area contributed by atoms with E-state index in [2.05, 4.69) is 11.4 Å². The molecule has 0 heterocycles. The quantitative estimate of drug-likeness (QED) is 0.903. The average molecular weight is 284 g/mol. The number of nitriles is 1. The van der Waals surface area contributed by atoms with Gasteiger partial charge in [-0.15, -0.1) is 0 Å². The molecule has 0 aromatic heterocycles. The molecule has 0 saturated heterocycles. The van der Waals surface area contributed by atoms with E-state index in [1.807, 2.05) is 0 Å². The molecular formula is C14H15F3N2O. The van der Waals surface area contributed by atoms with Gasteiger partial charge in [0.05, 0.1) is 11.6 Å². The Balaban J connectivity index is 2.08. The van der Waals surface area contributed by atoms with Gasteiger partial charge in [0.2, 0.25) is 0 Å². The molecule has 1 aromatic carbocycles. The van der Waals surface area contributed by atoms with E-state index in [4.69, 9.17) is 10.00 Å². The summed E-state index contributed by atoms with van der Waals surface area (Å²) in [5.41, 5.74) is -1.81. The third kappa shape index (κ3) is 3.64. The number of benzene rings is 1. The molecule has 0 radical (unpaired) electrons. The zero-order valence-electron chi connectivity index (χ0n) is 11.0. The molecule has 0 spiro atoms. The van der Waals surface area contributed by atoms with Crippen LogP contribution in [0.4, 0.5) is 13.2 Å². The highest BCUT2D eigenvalue weighted by Gasteiger charge is 2.36. The molecule has 1 unspecified atom stereocenters. The van der Waals surface area contributed by atoms with E-state index in [1.165, 1.54) is 18.2 Å². The zero-order chi connectivity index (χ0) is 14.8. The third-order valence-corrected chi connectivity index (χ3v) is 3.06. The van der Waals surface area contributed by atoms with Crippen LogP contribution in [0.15, 0.2) is 24.3 Å². The van der Waals surface area contributed by atoms with Crippen LogP contribution in [0.25, 0.3) is 0 Å². The van der Waals surface area contributed by atoms with Crippen molar-refractivity contribution in [3.8, 4) is 11.8 Å². The summed E-state index contributed by atoms with van der Waals surface area (Å²) in [6.45, 7) is 1.49. The predicted octanol–water partition coefficient (Wildman–Crippen LogP) is 3.12. The van der Waals surface area contributed by atoms with Gasteiger partial charge in [0.15, 0.2) is 0 Å². The highest BCUT2D eigenvalue weighted by molar-refractivity contribution is 5.35. The minimum absolute atomic E-state index is 0.132. The molecule has 20 heavy (non-hydrogen) atoms. The van der Waals surface area contributed by atoms with Crippen molar-refractivity contribution in [2.75, 3.05) is 6.61 Å². The van der Waals surface area contributed by atoms with E-state index >= 15 is 0 Å². The number of nitrogens with zero attached hydrogens (tertiary/aromatic N) is 1. The molecule has 2 rings (SSSR count). The van der Waals surface area contributed by atoms with Crippen molar-refractivity contribution in [3.63, 3.8) is 0 Å². The van der Waals surface area contributed by atoms with Crippen molar-refractivity contribution in [1.29, 1.82) is 5.26 Å². The first kappa shape index (κ1) is 14.7. The number of hydrogen-bond acceptors (Lipinski definition) is 3. The fraction of sp³-hybridized carbons (Fsp3) is 0.500. The van der Waals surface area contributed by atoms with Crippen LogP contribution >= 0.6 is 0 Å². The van der Waals surface area contributed by atoms with Crippen LogP contribution in [0.5, 0.6) is 5.75 Å². The van der Waals surface area contributed by atoms with E-state index in [9.17, 15) is 13.2 Å². The molecule has 0 aliphatic heterocycles. The molecule has 3 nitrogen and oxygen atoms in total. The smallest absolute Gasteiger partial charge is 0.419 e. The molecule has 0 bridgehead atoms. The summed E-state index contributed by atoms with van der Waals surface area (Å²) in [7, 11) is 0. The zero-order valence-corrected chi connectivity index (χ0v) is 11.0. The molecule has 1 N–H and O–H groups in total. The highest BCUT2D eigenvalue weighted by Crippen LogP contribution is 2.36. The number of hydrogen-bond donors (Lipinski definition) is 1. The summed E-state index contributed by atoms with van der Waals surface area (Å²) in [5, 5.41) is 12.2. The molecule has 1 fully saturated rings. The summed E-state index contributed by atoms with van der Waals surface area (Å²) in [4.78, 5) is 0. The molecule has 1 atom stereocenters. The minimum Gasteiger partial charge on any atom is -0.490 e. The van der Waals surface area contributed by atoms with Gasteiger partial charge in [-0.1, -0.05) is 12.1 Å². The molecule has 1 aliphatic rings. The van der Waals surface area contributed by atoms with Crippen molar-refractivity contribution in [2.24, 2.45) is 0 Å². The monoisotopic (exact) mass is 284 g/mol. The Bertz CT molecular complexity index is 520. The molecule has 1 saturated carbocycles. The van der Waals surface area contributed by atoms with Crippen LogP contribution in [0.1, 0.15) is 25.3 Å². The van der Waals surface area contributed by atoms with Crippen molar-refractivity contribution in [1.82, 2.24) is 5.32 Å². The van der Waals surface area contributed by atoms with E-state index in [-0.39, 0.29) is 18.4 Å². The number of alkyl halides is 3. The van der Waals surface area contributed by atoms with Crippen LogP contribution in [0.2, 0.25) is 0 Å². The van der Waals surface area contributed by atoms with Crippen molar-refractivity contribution < 1.29 is 17.9 Å². The first-order chi connectivity index (χ1) is 9.34. The molecule has 108 valence electrons. The number of para-hydroxylation sites is 1. The van der Waals surface area contributed by atoms with Gasteiger partial charge in [-0.05, 0) is 31.9 Å². The highest BCUT2D eigenvalue weighted by atomic mass is 19.4. The first-order valence-corrected chi connectivity index (χ1v) is 6.32. The third-order valence-electron chi connectivity index (χ3n) is 3.06. The fourth-order valence-electron chi connectivity index (χ4n) is 1.83. The van der Waals surface area contributed by atoms with Gasteiger partial charge in [0.1, 0.15) is 17.9 Å². The lowest BCUT2D eigenvalue weighted by molar-refractivity contribution is -0.139. The van der Waals surface area contributed by atoms with E-state index in [1.54, 1.807) is 6.92 Å². The summed E-state index contributed by atoms with van der Waals surface area (Å²) in [6, 6.07) is 7.34. The first-order valence-electron chi connectivity index (χ1n) is 6.32. The maximum atomic E-state index is 12.8. The Kier molecular flexibility index (Phi) is 3.91. The largest absolute Gasteiger partial charge is 0.490 e. The van der Waals surface area contributed by atoms with Crippen molar-refractivity contribution in [3.05, 3.63) is 29.8 Å². The van der Waals surface area contributed by atoms with Gasteiger partial charge in [0, 0.05) is 6.04 Å². The van der Waals surface area contributed by atoms with Crippen LogP contribution in [0.3, 0.4) is 0 Å². The normalized spacial score (nSPS) is 18.1. The van der Waals surface area contributed by atoms with E-state index in [0.717, 1.165) is 18.9 Å². The van der Waals surface area contributed by atoms with Crippen molar-refractivity contribution in [2.45, 2.75) is 37.5 Å². The Hall–Kier alpha value is -1.74.